The molecule has 0 aliphatic carbocycles. The number of ether oxygens (including phenoxy) is 1. The minimum absolute atomic E-state index is 0.238. The number of nitrogens with one attached hydrogen (secondary N) is 1. The van der Waals surface area contributed by atoms with Crippen molar-refractivity contribution in [3.05, 3.63) is 69.9 Å². The van der Waals surface area contributed by atoms with Gasteiger partial charge in [-0.15, -0.1) is 11.3 Å². The maximum atomic E-state index is 13.2. The molecular formula is C22H19N5O2S2. The first kappa shape index (κ1) is 19.7. The van der Waals surface area contributed by atoms with E-state index >= 15 is 0 Å². The second kappa shape index (κ2) is 8.09. The molecule has 7 nitrogen and oxygen atoms in total. The SMILES string of the molecule is COc1ccccc1-c1cc(C)ncc1C(=O)Nc1nc2c(s1)CN(c1nccs1)C2. The Morgan fingerprint density at radius 2 is 2.06 bits per heavy atom. The zero-order valence-corrected chi connectivity index (χ0v) is 18.6. The first-order valence-electron chi connectivity index (χ1n) is 9.67. The summed E-state index contributed by atoms with van der Waals surface area (Å²) in [6, 6.07) is 9.56. The predicted octanol–water partition coefficient (Wildman–Crippen LogP) is 4.75. The molecule has 4 aromatic rings. The zero-order chi connectivity index (χ0) is 21.4. The number of amides is 1. The van der Waals surface area contributed by atoms with Crippen LogP contribution in [0, 0.1) is 6.92 Å². The van der Waals surface area contributed by atoms with Crippen LogP contribution in [0.4, 0.5) is 10.3 Å². The molecule has 1 N–H and O–H groups in total. The molecule has 1 aliphatic rings. The van der Waals surface area contributed by atoms with E-state index in [-0.39, 0.29) is 5.91 Å². The number of rotatable bonds is 5. The lowest BCUT2D eigenvalue weighted by atomic mass is 9.99. The summed E-state index contributed by atoms with van der Waals surface area (Å²) in [4.78, 5) is 29.8. The van der Waals surface area contributed by atoms with E-state index in [4.69, 9.17) is 4.74 Å². The summed E-state index contributed by atoms with van der Waals surface area (Å²) in [5.41, 5.74) is 3.92. The van der Waals surface area contributed by atoms with E-state index < -0.39 is 0 Å². The Morgan fingerprint density at radius 1 is 1.19 bits per heavy atom. The first-order chi connectivity index (χ1) is 15.1. The molecule has 0 spiro atoms. The van der Waals surface area contributed by atoms with Crippen molar-refractivity contribution in [2.75, 3.05) is 17.3 Å². The number of benzene rings is 1. The van der Waals surface area contributed by atoms with E-state index in [2.05, 4.69) is 25.2 Å². The Morgan fingerprint density at radius 3 is 2.84 bits per heavy atom. The average molecular weight is 450 g/mol. The Bertz CT molecular complexity index is 1230. The Labute approximate surface area is 187 Å². The zero-order valence-electron chi connectivity index (χ0n) is 17.0. The van der Waals surface area contributed by atoms with Gasteiger partial charge in [0.15, 0.2) is 10.3 Å². The molecule has 1 amide bonds. The third kappa shape index (κ3) is 3.77. The molecule has 1 aliphatic heterocycles. The highest BCUT2D eigenvalue weighted by Gasteiger charge is 2.26. The maximum absolute atomic E-state index is 13.2. The lowest BCUT2D eigenvalue weighted by Gasteiger charge is -2.14. The molecule has 3 aromatic heterocycles. The van der Waals surface area contributed by atoms with Crippen LogP contribution < -0.4 is 15.0 Å². The normalized spacial score (nSPS) is 12.6. The van der Waals surface area contributed by atoms with Crippen LogP contribution in [0.3, 0.4) is 0 Å². The standard InChI is InChI=1S/C22H19N5O2S2/c1-13-9-15(14-5-3-4-6-18(14)29-2)16(10-24-13)20(28)26-21-25-17-11-27(12-19(17)31-21)22-23-7-8-30-22/h3-10H,11-12H2,1-2H3,(H,25,26,28). The second-order valence-electron chi connectivity index (χ2n) is 7.09. The predicted molar refractivity (Wildman–Crippen MR) is 123 cm³/mol. The van der Waals surface area contributed by atoms with Crippen molar-refractivity contribution >= 4 is 38.8 Å². The van der Waals surface area contributed by atoms with Gasteiger partial charge < -0.3 is 9.64 Å². The van der Waals surface area contributed by atoms with Crippen LogP contribution in [0.15, 0.2) is 48.1 Å². The molecule has 31 heavy (non-hydrogen) atoms. The van der Waals surface area contributed by atoms with Crippen molar-refractivity contribution in [2.45, 2.75) is 20.0 Å². The number of anilines is 2. The molecule has 0 unspecified atom stereocenters. The number of carbonyl (C=O) groups is 1. The Kier molecular flexibility index (Phi) is 5.13. The van der Waals surface area contributed by atoms with Crippen molar-refractivity contribution in [1.29, 1.82) is 0 Å². The number of para-hydroxylation sites is 1. The number of hydrogen-bond acceptors (Lipinski definition) is 8. The highest BCUT2D eigenvalue weighted by Crippen LogP contribution is 2.36. The lowest BCUT2D eigenvalue weighted by Crippen LogP contribution is -2.16. The second-order valence-corrected chi connectivity index (χ2v) is 9.04. The summed E-state index contributed by atoms with van der Waals surface area (Å²) in [5.74, 6) is 0.468. The summed E-state index contributed by atoms with van der Waals surface area (Å²) in [6.07, 6.45) is 3.42. The van der Waals surface area contributed by atoms with Gasteiger partial charge in [-0.25, -0.2) is 9.97 Å². The number of fused-ring (bicyclic) bond motifs is 1. The van der Waals surface area contributed by atoms with E-state index in [1.807, 2.05) is 42.6 Å². The summed E-state index contributed by atoms with van der Waals surface area (Å²) in [5, 5.41) is 6.51. The fourth-order valence-corrected chi connectivity index (χ4v) is 5.22. The highest BCUT2D eigenvalue weighted by molar-refractivity contribution is 7.16. The van der Waals surface area contributed by atoms with Gasteiger partial charge in [0.05, 0.1) is 36.3 Å². The smallest absolute Gasteiger partial charge is 0.259 e. The minimum Gasteiger partial charge on any atom is -0.496 e. The third-order valence-corrected chi connectivity index (χ3v) is 6.88. The summed E-state index contributed by atoms with van der Waals surface area (Å²) < 4.78 is 5.50. The van der Waals surface area contributed by atoms with E-state index in [9.17, 15) is 4.79 Å². The number of aryl methyl sites for hydroxylation is 1. The number of thiazole rings is 2. The number of hydrogen-bond donors (Lipinski definition) is 1. The van der Waals surface area contributed by atoms with Gasteiger partial charge in [-0.1, -0.05) is 29.5 Å². The molecule has 0 radical (unpaired) electrons. The van der Waals surface area contributed by atoms with Crippen LogP contribution in [0.5, 0.6) is 5.75 Å². The monoisotopic (exact) mass is 449 g/mol. The molecule has 0 saturated carbocycles. The van der Waals surface area contributed by atoms with Crippen LogP contribution >= 0.6 is 22.7 Å². The Hall–Kier alpha value is -3.30. The van der Waals surface area contributed by atoms with Crippen LogP contribution in [-0.4, -0.2) is 28.0 Å². The molecule has 0 fully saturated rings. The largest absolute Gasteiger partial charge is 0.496 e. The van der Waals surface area contributed by atoms with Gasteiger partial charge in [0, 0.05) is 34.6 Å². The maximum Gasteiger partial charge on any atom is 0.259 e. The molecule has 0 bridgehead atoms. The molecule has 156 valence electrons. The van der Waals surface area contributed by atoms with Gasteiger partial charge >= 0.3 is 0 Å². The van der Waals surface area contributed by atoms with Crippen molar-refractivity contribution < 1.29 is 9.53 Å². The molecule has 0 atom stereocenters. The van der Waals surface area contributed by atoms with Crippen molar-refractivity contribution in [1.82, 2.24) is 15.0 Å². The van der Waals surface area contributed by atoms with Gasteiger partial charge in [0.1, 0.15) is 5.75 Å². The highest BCUT2D eigenvalue weighted by atomic mass is 32.1. The van der Waals surface area contributed by atoms with Gasteiger partial charge in [-0.3, -0.25) is 15.1 Å². The summed E-state index contributed by atoms with van der Waals surface area (Å²) >= 11 is 3.12. The Balaban J connectivity index is 1.40. The summed E-state index contributed by atoms with van der Waals surface area (Å²) in [6.45, 7) is 3.36. The minimum atomic E-state index is -0.238. The van der Waals surface area contributed by atoms with Crippen LogP contribution in [0.1, 0.15) is 26.6 Å². The fourth-order valence-electron chi connectivity index (χ4n) is 3.60. The van der Waals surface area contributed by atoms with Gasteiger partial charge in [0.2, 0.25) is 0 Å². The van der Waals surface area contributed by atoms with Crippen molar-refractivity contribution in [3.8, 4) is 16.9 Å². The van der Waals surface area contributed by atoms with Gasteiger partial charge in [-0.2, -0.15) is 0 Å². The quantitative estimate of drug-likeness (QED) is 0.474. The average Bonchev–Trinajstić information content (AvgIpc) is 3.50. The van der Waals surface area contributed by atoms with E-state index in [1.54, 1.807) is 30.8 Å². The van der Waals surface area contributed by atoms with Crippen LogP contribution in [-0.2, 0) is 13.1 Å². The topological polar surface area (TPSA) is 80.2 Å². The lowest BCUT2D eigenvalue weighted by molar-refractivity contribution is 0.102. The van der Waals surface area contributed by atoms with Crippen LogP contribution in [0.2, 0.25) is 0 Å². The number of carbonyl (C=O) groups excluding carboxylic acids is 1. The molecular weight excluding hydrogens is 430 g/mol. The molecule has 1 aromatic carbocycles. The first-order valence-corrected chi connectivity index (χ1v) is 11.4. The molecule has 0 saturated heterocycles. The molecule has 5 rings (SSSR count). The fraction of sp³-hybridized carbons (Fsp3) is 0.182. The third-order valence-electron chi connectivity index (χ3n) is 5.05. The number of pyridine rings is 1. The molecule has 9 heteroatoms. The summed E-state index contributed by atoms with van der Waals surface area (Å²) in [7, 11) is 1.62. The van der Waals surface area contributed by atoms with Crippen molar-refractivity contribution in [2.24, 2.45) is 0 Å². The molecule has 4 heterocycles. The van der Waals surface area contributed by atoms with Crippen molar-refractivity contribution in [3.63, 3.8) is 0 Å². The van der Waals surface area contributed by atoms with Gasteiger partial charge in [0.25, 0.3) is 5.91 Å². The van der Waals surface area contributed by atoms with E-state index in [1.165, 1.54) is 11.3 Å². The van der Waals surface area contributed by atoms with Gasteiger partial charge in [-0.05, 0) is 19.1 Å². The van der Waals surface area contributed by atoms with Crippen LogP contribution in [0.25, 0.3) is 11.1 Å². The van der Waals surface area contributed by atoms with E-state index in [0.29, 0.717) is 23.0 Å². The number of aromatic nitrogens is 3. The van der Waals surface area contributed by atoms with E-state index in [0.717, 1.165) is 39.1 Å². The number of nitrogens with zero attached hydrogens (tertiary/aromatic N) is 4. The number of methoxy groups -OCH3 is 1.